The molecule has 1 nitrogen and oxygen atoms in total. The van der Waals surface area contributed by atoms with Crippen molar-refractivity contribution in [1.82, 2.24) is 5.32 Å². The Labute approximate surface area is 118 Å². The zero-order chi connectivity index (χ0) is 13.7. The second kappa shape index (κ2) is 6.56. The summed E-state index contributed by atoms with van der Waals surface area (Å²) in [4.78, 5) is 0. The van der Waals surface area contributed by atoms with Gasteiger partial charge < -0.3 is 5.32 Å². The fourth-order valence-corrected chi connectivity index (χ4v) is 3.37. The summed E-state index contributed by atoms with van der Waals surface area (Å²) in [6.07, 6.45) is 7.94. The molecule has 1 aromatic rings. The molecule has 19 heavy (non-hydrogen) atoms. The Kier molecular flexibility index (Phi) is 5.04. The number of hydrogen-bond donors (Lipinski definition) is 1. The van der Waals surface area contributed by atoms with E-state index in [0.717, 1.165) is 0 Å². The summed E-state index contributed by atoms with van der Waals surface area (Å²) in [6, 6.07) is 12.1. The van der Waals surface area contributed by atoms with Gasteiger partial charge in [0.2, 0.25) is 0 Å². The van der Waals surface area contributed by atoms with Crippen LogP contribution in [-0.4, -0.2) is 6.04 Å². The van der Waals surface area contributed by atoms with Crippen LogP contribution in [0.4, 0.5) is 0 Å². The normalized spacial score (nSPS) is 24.1. The second-order valence-electron chi connectivity index (χ2n) is 6.71. The second-order valence-corrected chi connectivity index (χ2v) is 6.71. The van der Waals surface area contributed by atoms with Gasteiger partial charge in [0, 0.05) is 12.1 Å². The minimum Gasteiger partial charge on any atom is -0.307 e. The molecule has 2 rings (SSSR count). The van der Waals surface area contributed by atoms with Gasteiger partial charge in [-0.15, -0.1) is 0 Å². The Bertz CT molecular complexity index is 369. The fourth-order valence-electron chi connectivity index (χ4n) is 3.37. The Morgan fingerprint density at radius 2 is 1.95 bits per heavy atom. The number of benzene rings is 1. The molecule has 0 bridgehead atoms. The largest absolute Gasteiger partial charge is 0.307 e. The molecule has 1 heteroatoms. The van der Waals surface area contributed by atoms with Gasteiger partial charge in [-0.3, -0.25) is 0 Å². The van der Waals surface area contributed by atoms with E-state index < -0.39 is 0 Å². The zero-order valence-electron chi connectivity index (χ0n) is 12.8. The van der Waals surface area contributed by atoms with Crippen LogP contribution in [0.25, 0.3) is 0 Å². The van der Waals surface area contributed by atoms with E-state index in [1.54, 1.807) is 0 Å². The maximum atomic E-state index is 3.96. The first-order chi connectivity index (χ1) is 9.13. The van der Waals surface area contributed by atoms with E-state index in [4.69, 9.17) is 0 Å². The quantitative estimate of drug-likeness (QED) is 0.777. The predicted molar refractivity (Wildman–Crippen MR) is 83.3 cm³/mol. The Hall–Kier alpha value is -0.820. The summed E-state index contributed by atoms with van der Waals surface area (Å²) in [5.74, 6) is 0. The van der Waals surface area contributed by atoms with E-state index in [1.165, 1.54) is 44.1 Å². The lowest BCUT2D eigenvalue weighted by molar-refractivity contribution is 0.153. The fraction of sp³-hybridized carbons (Fsp3) is 0.667. The molecule has 1 aliphatic carbocycles. The minimum atomic E-state index is 0.443. The monoisotopic (exact) mass is 259 g/mol. The van der Waals surface area contributed by atoms with Gasteiger partial charge in [0.25, 0.3) is 0 Å². The highest BCUT2D eigenvalue weighted by Crippen LogP contribution is 2.37. The van der Waals surface area contributed by atoms with E-state index in [0.29, 0.717) is 17.5 Å². The van der Waals surface area contributed by atoms with Crippen LogP contribution < -0.4 is 5.32 Å². The number of nitrogens with one attached hydrogen (secondary N) is 1. The average molecular weight is 259 g/mol. The van der Waals surface area contributed by atoms with Crippen molar-refractivity contribution < 1.29 is 0 Å². The summed E-state index contributed by atoms with van der Waals surface area (Å²) in [5, 5.41) is 3.96. The maximum Gasteiger partial charge on any atom is 0.0322 e. The molecule has 2 unspecified atom stereocenters. The van der Waals surface area contributed by atoms with Crippen molar-refractivity contribution in [3.8, 4) is 0 Å². The highest BCUT2D eigenvalue weighted by molar-refractivity contribution is 5.19. The average Bonchev–Trinajstić information content (AvgIpc) is 2.41. The first-order valence-corrected chi connectivity index (χ1v) is 7.94. The minimum absolute atomic E-state index is 0.443. The first kappa shape index (κ1) is 14.6. The van der Waals surface area contributed by atoms with Gasteiger partial charge in [-0.2, -0.15) is 0 Å². The van der Waals surface area contributed by atoms with Gasteiger partial charge >= 0.3 is 0 Å². The van der Waals surface area contributed by atoms with Crippen LogP contribution in [-0.2, 0) is 0 Å². The van der Waals surface area contributed by atoms with Crippen LogP contribution in [0, 0.1) is 5.41 Å². The smallest absolute Gasteiger partial charge is 0.0322 e. The van der Waals surface area contributed by atoms with Gasteiger partial charge in [0.15, 0.2) is 0 Å². The van der Waals surface area contributed by atoms with Crippen LogP contribution in [0.3, 0.4) is 0 Å². The van der Waals surface area contributed by atoms with Gasteiger partial charge in [0.05, 0.1) is 0 Å². The molecule has 0 saturated heterocycles. The van der Waals surface area contributed by atoms with Gasteiger partial charge in [-0.1, -0.05) is 70.4 Å². The van der Waals surface area contributed by atoms with E-state index in [-0.39, 0.29) is 0 Å². The lowest BCUT2D eigenvalue weighted by atomic mass is 9.73. The third kappa shape index (κ3) is 3.82. The Morgan fingerprint density at radius 1 is 1.21 bits per heavy atom. The molecule has 2 atom stereocenters. The van der Waals surface area contributed by atoms with Crippen LogP contribution in [0.1, 0.15) is 70.9 Å². The molecule has 1 fully saturated rings. The van der Waals surface area contributed by atoms with Crippen LogP contribution in [0.15, 0.2) is 30.3 Å². The summed E-state index contributed by atoms with van der Waals surface area (Å²) in [6.45, 7) is 7.14. The molecule has 0 aliphatic heterocycles. The van der Waals surface area contributed by atoms with Gasteiger partial charge in [-0.25, -0.2) is 0 Å². The summed E-state index contributed by atoms with van der Waals surface area (Å²) in [5.41, 5.74) is 1.89. The SMILES string of the molecule is CCCC(NC1CCCCC1(C)C)c1ccccc1. The van der Waals surface area contributed by atoms with Crippen molar-refractivity contribution in [2.45, 2.75) is 71.4 Å². The third-order valence-corrected chi connectivity index (χ3v) is 4.69. The summed E-state index contributed by atoms with van der Waals surface area (Å²) >= 11 is 0. The van der Waals surface area contributed by atoms with Crippen LogP contribution in [0.2, 0.25) is 0 Å². The standard InChI is InChI=1S/C18H29N/c1-4-10-16(15-11-6-5-7-12-15)19-17-13-8-9-14-18(17,2)3/h5-7,11-12,16-17,19H,4,8-10,13-14H2,1-3H3. The molecule has 0 amide bonds. The molecule has 0 radical (unpaired) electrons. The van der Waals surface area contributed by atoms with Crippen molar-refractivity contribution in [3.63, 3.8) is 0 Å². The van der Waals surface area contributed by atoms with Crippen molar-refractivity contribution in [2.24, 2.45) is 5.41 Å². The topological polar surface area (TPSA) is 12.0 Å². The number of rotatable bonds is 5. The van der Waals surface area contributed by atoms with Crippen LogP contribution in [0.5, 0.6) is 0 Å². The molecule has 1 saturated carbocycles. The Balaban J connectivity index is 2.08. The highest BCUT2D eigenvalue weighted by Gasteiger charge is 2.33. The van der Waals surface area contributed by atoms with E-state index in [2.05, 4.69) is 56.4 Å². The van der Waals surface area contributed by atoms with Crippen molar-refractivity contribution >= 4 is 0 Å². The third-order valence-electron chi connectivity index (χ3n) is 4.69. The van der Waals surface area contributed by atoms with E-state index in [9.17, 15) is 0 Å². The Morgan fingerprint density at radius 3 is 2.58 bits per heavy atom. The maximum absolute atomic E-state index is 3.96. The molecule has 1 aromatic carbocycles. The van der Waals surface area contributed by atoms with Crippen molar-refractivity contribution in [3.05, 3.63) is 35.9 Å². The molecule has 1 aliphatic rings. The molecule has 0 aromatic heterocycles. The molecular formula is C18H29N. The number of hydrogen-bond acceptors (Lipinski definition) is 1. The highest BCUT2D eigenvalue weighted by atomic mass is 15.0. The summed E-state index contributed by atoms with van der Waals surface area (Å²) in [7, 11) is 0. The van der Waals surface area contributed by atoms with Crippen molar-refractivity contribution in [2.75, 3.05) is 0 Å². The molecule has 106 valence electrons. The lowest BCUT2D eigenvalue weighted by Crippen LogP contribution is -2.45. The predicted octanol–water partition coefficient (Wildman–Crippen LogP) is 5.09. The molecule has 1 N–H and O–H groups in total. The lowest BCUT2D eigenvalue weighted by Gasteiger charge is -2.41. The molecule has 0 spiro atoms. The van der Waals surface area contributed by atoms with Crippen molar-refractivity contribution in [1.29, 1.82) is 0 Å². The summed E-state index contributed by atoms with van der Waals surface area (Å²) < 4.78 is 0. The molecular weight excluding hydrogens is 230 g/mol. The van der Waals surface area contributed by atoms with Crippen LogP contribution >= 0.6 is 0 Å². The molecule has 0 heterocycles. The van der Waals surface area contributed by atoms with Gasteiger partial charge in [0.1, 0.15) is 0 Å². The zero-order valence-corrected chi connectivity index (χ0v) is 12.8. The van der Waals surface area contributed by atoms with E-state index >= 15 is 0 Å². The van der Waals surface area contributed by atoms with E-state index in [1.807, 2.05) is 0 Å². The van der Waals surface area contributed by atoms with Gasteiger partial charge in [-0.05, 0) is 30.2 Å². The first-order valence-electron chi connectivity index (χ1n) is 7.94.